The third-order valence-electron chi connectivity index (χ3n) is 2.60. The maximum atomic E-state index is 12.1. The van der Waals surface area contributed by atoms with Gasteiger partial charge in [0.1, 0.15) is 12.2 Å². The summed E-state index contributed by atoms with van der Waals surface area (Å²) in [4.78, 5) is 14.8. The number of hydrogen-bond donors (Lipinski definition) is 3. The molecule has 0 atom stereocenters. The van der Waals surface area contributed by atoms with Crippen molar-refractivity contribution >= 4 is 31.9 Å². The van der Waals surface area contributed by atoms with Crippen molar-refractivity contribution in [3.8, 4) is 0 Å². The van der Waals surface area contributed by atoms with Crippen molar-refractivity contribution in [2.75, 3.05) is 6.54 Å². The van der Waals surface area contributed by atoms with E-state index in [9.17, 15) is 13.2 Å². The Morgan fingerprint density at radius 3 is 2.81 bits per heavy atom. The number of hydrogen-bond acceptors (Lipinski definition) is 5. The fraction of sp³-hybridized carbons (Fsp3) is 0.182. The molecule has 0 saturated heterocycles. The molecule has 0 bridgehead atoms. The Morgan fingerprint density at radius 2 is 2.19 bits per heavy atom. The van der Waals surface area contributed by atoms with Gasteiger partial charge in [-0.1, -0.05) is 0 Å². The zero-order valence-electron chi connectivity index (χ0n) is 10.6. The van der Waals surface area contributed by atoms with Crippen molar-refractivity contribution in [2.24, 2.45) is 0 Å². The minimum atomic E-state index is -3.78. The molecule has 0 saturated carbocycles. The molecule has 0 spiro atoms. The molecule has 8 nitrogen and oxygen atoms in total. The highest BCUT2D eigenvalue weighted by atomic mass is 79.9. The number of carbonyl (C=O) groups is 1. The second-order valence-electron chi connectivity index (χ2n) is 4.03. The number of rotatable bonds is 6. The predicted octanol–water partition coefficient (Wildman–Crippen LogP) is 0.786. The van der Waals surface area contributed by atoms with Crippen molar-refractivity contribution in [2.45, 2.75) is 11.3 Å². The molecule has 0 unspecified atom stereocenters. The highest BCUT2D eigenvalue weighted by molar-refractivity contribution is 9.10. The van der Waals surface area contributed by atoms with Gasteiger partial charge in [-0.15, -0.1) is 0 Å². The molecular weight excluding hydrogens is 364 g/mol. The molecule has 0 aliphatic carbocycles. The Morgan fingerprint density at radius 1 is 1.43 bits per heavy atom. The number of nitrogens with zero attached hydrogens (tertiary/aromatic N) is 2. The average molecular weight is 375 g/mol. The molecule has 0 radical (unpaired) electrons. The Kier molecular flexibility index (Phi) is 4.70. The van der Waals surface area contributed by atoms with Crippen molar-refractivity contribution in [3.63, 3.8) is 0 Å². The van der Waals surface area contributed by atoms with Crippen LogP contribution in [0.2, 0.25) is 0 Å². The molecule has 3 N–H and O–H groups in total. The molecule has 0 aliphatic rings. The van der Waals surface area contributed by atoms with Crippen LogP contribution in [-0.4, -0.2) is 41.2 Å². The van der Waals surface area contributed by atoms with E-state index < -0.39 is 16.0 Å². The SMILES string of the molecule is O=C(O)c1cc(S(=O)(=O)NCCc2ncn[nH]2)ccc1Br. The molecule has 1 heterocycles. The van der Waals surface area contributed by atoms with Crippen LogP contribution >= 0.6 is 15.9 Å². The zero-order chi connectivity index (χ0) is 15.5. The minimum absolute atomic E-state index is 0.110. The molecule has 1 aromatic carbocycles. The maximum absolute atomic E-state index is 12.1. The van der Waals surface area contributed by atoms with Crippen molar-refractivity contribution < 1.29 is 18.3 Å². The number of H-pyrrole nitrogens is 1. The summed E-state index contributed by atoms with van der Waals surface area (Å²) in [6.45, 7) is 0.121. The van der Waals surface area contributed by atoms with Crippen LogP contribution < -0.4 is 4.72 Å². The standard InChI is InChI=1S/C11H11BrN4O4S/c12-9-2-1-7(5-8(9)11(17)18)21(19,20)15-4-3-10-13-6-14-16-10/h1-2,5-6,15H,3-4H2,(H,17,18)(H,13,14,16). The summed E-state index contributed by atoms with van der Waals surface area (Å²) >= 11 is 3.06. The number of sulfonamides is 1. The molecular formula is C11H11BrN4O4S. The van der Waals surface area contributed by atoms with E-state index in [4.69, 9.17) is 5.11 Å². The summed E-state index contributed by atoms with van der Waals surface area (Å²) in [6.07, 6.45) is 1.68. The molecule has 0 aliphatic heterocycles. The van der Waals surface area contributed by atoms with Crippen LogP contribution in [0.1, 0.15) is 16.2 Å². The Balaban J connectivity index is 2.12. The van der Waals surface area contributed by atoms with Crippen molar-refractivity contribution in [1.29, 1.82) is 0 Å². The fourth-order valence-electron chi connectivity index (χ4n) is 1.57. The van der Waals surface area contributed by atoms with Gasteiger partial charge in [0, 0.05) is 17.4 Å². The molecule has 2 aromatic rings. The summed E-state index contributed by atoms with van der Waals surface area (Å²) < 4.78 is 26.9. The first-order valence-corrected chi connectivity index (χ1v) is 8.04. The number of halogens is 1. The van der Waals surface area contributed by atoms with E-state index in [1.54, 1.807) is 0 Å². The summed E-state index contributed by atoms with van der Waals surface area (Å²) in [7, 11) is -3.78. The van der Waals surface area contributed by atoms with E-state index in [-0.39, 0.29) is 17.0 Å². The monoisotopic (exact) mass is 374 g/mol. The summed E-state index contributed by atoms with van der Waals surface area (Å²) in [5, 5.41) is 15.3. The van der Waals surface area contributed by atoms with Gasteiger partial charge in [-0.25, -0.2) is 22.9 Å². The first kappa shape index (κ1) is 15.6. The molecule has 112 valence electrons. The van der Waals surface area contributed by atoms with Crippen molar-refractivity contribution in [1.82, 2.24) is 19.9 Å². The van der Waals surface area contributed by atoms with E-state index in [0.717, 1.165) is 6.07 Å². The van der Waals surface area contributed by atoms with Gasteiger partial charge in [-0.2, -0.15) is 5.10 Å². The lowest BCUT2D eigenvalue weighted by atomic mass is 10.2. The lowest BCUT2D eigenvalue weighted by Crippen LogP contribution is -2.26. The van der Waals surface area contributed by atoms with Gasteiger partial charge in [0.2, 0.25) is 10.0 Å². The van der Waals surface area contributed by atoms with E-state index in [1.165, 1.54) is 18.5 Å². The van der Waals surface area contributed by atoms with Crippen molar-refractivity contribution in [3.05, 3.63) is 40.4 Å². The Bertz CT molecular complexity index is 746. The second-order valence-corrected chi connectivity index (χ2v) is 6.65. The molecule has 0 amide bonds. The van der Waals surface area contributed by atoms with Gasteiger partial charge < -0.3 is 5.11 Å². The predicted molar refractivity (Wildman–Crippen MR) is 76.4 cm³/mol. The van der Waals surface area contributed by atoms with Crippen LogP contribution in [0.15, 0.2) is 33.9 Å². The first-order chi connectivity index (χ1) is 9.90. The normalized spacial score (nSPS) is 11.5. The number of aromatic amines is 1. The number of nitrogens with one attached hydrogen (secondary N) is 2. The van der Waals surface area contributed by atoms with Gasteiger partial charge in [0.05, 0.1) is 10.5 Å². The first-order valence-electron chi connectivity index (χ1n) is 5.77. The summed E-state index contributed by atoms with van der Waals surface area (Å²) in [5.41, 5.74) is -0.117. The lowest BCUT2D eigenvalue weighted by Gasteiger charge is -2.07. The van der Waals surface area contributed by atoms with Crippen LogP contribution in [0.5, 0.6) is 0 Å². The van der Waals surface area contributed by atoms with Crippen LogP contribution in [-0.2, 0) is 16.4 Å². The number of benzene rings is 1. The maximum Gasteiger partial charge on any atom is 0.336 e. The van der Waals surface area contributed by atoms with Gasteiger partial charge in [0.25, 0.3) is 0 Å². The smallest absolute Gasteiger partial charge is 0.336 e. The third kappa shape index (κ3) is 3.86. The molecule has 10 heteroatoms. The zero-order valence-corrected chi connectivity index (χ0v) is 13.0. The molecule has 0 fully saturated rings. The average Bonchev–Trinajstić information content (AvgIpc) is 2.91. The van der Waals surface area contributed by atoms with Gasteiger partial charge in [-0.3, -0.25) is 5.10 Å². The van der Waals surface area contributed by atoms with Crippen LogP contribution in [0.4, 0.5) is 0 Å². The minimum Gasteiger partial charge on any atom is -0.478 e. The highest BCUT2D eigenvalue weighted by Crippen LogP contribution is 2.21. The quantitative estimate of drug-likeness (QED) is 0.686. The summed E-state index contributed by atoms with van der Waals surface area (Å²) in [5.74, 6) is -0.652. The number of aromatic nitrogens is 3. The van der Waals surface area contributed by atoms with Crippen LogP contribution in [0.3, 0.4) is 0 Å². The van der Waals surface area contributed by atoms with Crippen LogP contribution in [0.25, 0.3) is 0 Å². The van der Waals surface area contributed by atoms with E-state index in [1.807, 2.05) is 0 Å². The fourth-order valence-corrected chi connectivity index (χ4v) is 3.05. The summed E-state index contributed by atoms with van der Waals surface area (Å²) in [6, 6.07) is 3.81. The van der Waals surface area contributed by atoms with E-state index in [0.29, 0.717) is 16.7 Å². The molecule has 2 rings (SSSR count). The third-order valence-corrected chi connectivity index (χ3v) is 4.75. The van der Waals surface area contributed by atoms with Gasteiger partial charge in [0.15, 0.2) is 0 Å². The van der Waals surface area contributed by atoms with Gasteiger partial charge >= 0.3 is 5.97 Å². The molecule has 21 heavy (non-hydrogen) atoms. The lowest BCUT2D eigenvalue weighted by molar-refractivity contribution is 0.0695. The number of carboxylic acid groups (broad SMARTS) is 1. The van der Waals surface area contributed by atoms with Crippen LogP contribution in [0, 0.1) is 0 Å². The Labute approximate surface area is 128 Å². The number of carboxylic acids is 1. The largest absolute Gasteiger partial charge is 0.478 e. The van der Waals surface area contributed by atoms with E-state index in [2.05, 4.69) is 35.8 Å². The van der Waals surface area contributed by atoms with E-state index >= 15 is 0 Å². The number of aromatic carboxylic acids is 1. The second kappa shape index (κ2) is 6.33. The topological polar surface area (TPSA) is 125 Å². The molecule has 1 aromatic heterocycles. The van der Waals surface area contributed by atoms with Gasteiger partial charge in [-0.05, 0) is 34.1 Å². The Hall–Kier alpha value is -1.78. The highest BCUT2D eigenvalue weighted by Gasteiger charge is 2.18.